The minimum absolute atomic E-state index is 0.298. The van der Waals surface area contributed by atoms with Gasteiger partial charge in [0.05, 0.1) is 0 Å². The highest BCUT2D eigenvalue weighted by Gasteiger charge is 2.48. The standard InChI is InChI=1S/C18H16F3S.CHF3O3S/c1-12(2)14-8-9-16-15(10-14)11-17(22(16)18(19,20)21)13-6-4-3-5-7-13;2-1(3,4)8(5,6)7/h3-12H,1-2H3;(H,5,6,7)/q+1;/p-1. The van der Waals surface area contributed by atoms with Gasteiger partial charge < -0.3 is 4.55 Å². The molecule has 30 heavy (non-hydrogen) atoms. The summed E-state index contributed by atoms with van der Waals surface area (Å²) in [5, 5.41) is 0.700. The van der Waals surface area contributed by atoms with Crippen molar-refractivity contribution in [3.8, 4) is 10.4 Å². The third kappa shape index (κ3) is 5.52. The van der Waals surface area contributed by atoms with E-state index in [1.807, 2.05) is 32.0 Å². The molecule has 0 N–H and O–H groups in total. The van der Waals surface area contributed by atoms with Crippen molar-refractivity contribution >= 4 is 30.7 Å². The zero-order valence-electron chi connectivity index (χ0n) is 15.6. The molecule has 0 aliphatic rings. The van der Waals surface area contributed by atoms with Crippen LogP contribution in [0, 0.1) is 0 Å². The van der Waals surface area contributed by atoms with Gasteiger partial charge in [0.15, 0.2) is 19.7 Å². The van der Waals surface area contributed by atoms with Gasteiger partial charge >= 0.3 is 11.0 Å². The van der Waals surface area contributed by atoms with E-state index in [4.69, 9.17) is 13.0 Å². The molecular weight excluding hydrogens is 454 g/mol. The predicted molar refractivity (Wildman–Crippen MR) is 103 cm³/mol. The second-order valence-electron chi connectivity index (χ2n) is 6.48. The minimum atomic E-state index is -6.09. The minimum Gasteiger partial charge on any atom is -0.741 e. The Morgan fingerprint density at radius 2 is 1.43 bits per heavy atom. The van der Waals surface area contributed by atoms with Gasteiger partial charge in [-0.25, -0.2) is 8.42 Å². The molecule has 0 amide bonds. The SMILES string of the molecule is CC(C)c1ccc2c(c1)cc(-c1ccccc1)[s+]2C(F)(F)F.O=S(=O)([O-])C(F)(F)F. The van der Waals surface area contributed by atoms with Crippen molar-refractivity contribution in [2.24, 2.45) is 0 Å². The van der Waals surface area contributed by atoms with E-state index in [1.165, 1.54) is 0 Å². The number of fused-ring (bicyclic) bond motifs is 1. The summed E-state index contributed by atoms with van der Waals surface area (Å²) < 4.78 is 100. The fourth-order valence-electron chi connectivity index (χ4n) is 2.60. The van der Waals surface area contributed by atoms with Gasteiger partial charge in [-0.15, -0.1) is 13.2 Å². The van der Waals surface area contributed by atoms with Gasteiger partial charge in [0.25, 0.3) is 0 Å². The largest absolute Gasteiger partial charge is 0.741 e. The Balaban J connectivity index is 0.000000343. The Morgan fingerprint density at radius 3 is 1.87 bits per heavy atom. The number of rotatable bonds is 2. The van der Waals surface area contributed by atoms with Crippen LogP contribution < -0.4 is 0 Å². The van der Waals surface area contributed by atoms with Gasteiger partial charge in [0.1, 0.15) is 10.5 Å². The molecule has 1 heterocycles. The Bertz CT molecular complexity index is 1110. The molecule has 0 saturated carbocycles. The summed E-state index contributed by atoms with van der Waals surface area (Å²) in [5.74, 6) is 0.298. The summed E-state index contributed by atoms with van der Waals surface area (Å²) >= 11 is 0. The number of hydrogen-bond acceptors (Lipinski definition) is 3. The molecule has 1 unspecified atom stereocenters. The van der Waals surface area contributed by atoms with Gasteiger partial charge in [-0.1, -0.05) is 38.1 Å². The zero-order valence-corrected chi connectivity index (χ0v) is 17.2. The van der Waals surface area contributed by atoms with Crippen molar-refractivity contribution < 1.29 is 39.3 Å². The summed E-state index contributed by atoms with van der Waals surface area (Å²) in [6.07, 6.45) is 0. The highest BCUT2D eigenvalue weighted by atomic mass is 32.2. The highest BCUT2D eigenvalue weighted by Crippen LogP contribution is 2.54. The van der Waals surface area contributed by atoms with E-state index in [1.54, 1.807) is 36.4 Å². The lowest BCUT2D eigenvalue weighted by Gasteiger charge is -2.08. The summed E-state index contributed by atoms with van der Waals surface area (Å²) in [5.41, 5.74) is -8.19. The molecule has 0 aliphatic carbocycles. The normalized spacial score (nSPS) is 13.3. The first-order valence-corrected chi connectivity index (χ1v) is 11.0. The van der Waals surface area contributed by atoms with E-state index in [-0.39, 0.29) is 0 Å². The average Bonchev–Trinajstić information content (AvgIpc) is 3.00. The van der Waals surface area contributed by atoms with Crippen LogP contribution in [0.25, 0.3) is 20.5 Å². The lowest BCUT2D eigenvalue weighted by molar-refractivity contribution is -0.0864. The summed E-state index contributed by atoms with van der Waals surface area (Å²) in [6, 6.07) is 15.9. The molecule has 0 radical (unpaired) electrons. The first-order valence-electron chi connectivity index (χ1n) is 8.37. The molecule has 0 aliphatic heterocycles. The molecule has 3 aromatic rings. The Hall–Kier alpha value is -2.11. The number of hydrogen-bond donors (Lipinski definition) is 0. The molecule has 164 valence electrons. The molecule has 3 nitrogen and oxygen atoms in total. The first-order chi connectivity index (χ1) is 13.6. The second kappa shape index (κ2) is 8.56. The Morgan fingerprint density at radius 1 is 0.900 bits per heavy atom. The van der Waals surface area contributed by atoms with E-state index in [0.29, 0.717) is 26.4 Å². The van der Waals surface area contributed by atoms with Crippen molar-refractivity contribution in [1.29, 1.82) is 0 Å². The van der Waals surface area contributed by atoms with Gasteiger partial charge in [0, 0.05) is 17.0 Å². The van der Waals surface area contributed by atoms with Crippen LogP contribution in [0.4, 0.5) is 26.3 Å². The average molecular weight is 470 g/mol. The van der Waals surface area contributed by atoms with Gasteiger partial charge in [-0.3, -0.25) is 0 Å². The summed E-state index contributed by atoms with van der Waals surface area (Å²) in [6.45, 7) is 4.09. The highest BCUT2D eigenvalue weighted by molar-refractivity contribution is 7.86. The van der Waals surface area contributed by atoms with Crippen LogP contribution >= 0.6 is 10.5 Å². The number of halogens is 6. The van der Waals surface area contributed by atoms with Gasteiger partial charge in [-0.05, 0) is 35.7 Å². The number of benzene rings is 2. The van der Waals surface area contributed by atoms with E-state index >= 15 is 0 Å². The van der Waals surface area contributed by atoms with E-state index in [0.717, 1.165) is 5.56 Å². The van der Waals surface area contributed by atoms with E-state index in [2.05, 4.69) is 0 Å². The van der Waals surface area contributed by atoms with Gasteiger partial charge in [0.2, 0.25) is 0 Å². The molecular formula is C19H16F6O3S2. The predicted octanol–water partition coefficient (Wildman–Crippen LogP) is 6.91. The number of thiophene rings is 1. The van der Waals surface area contributed by atoms with Crippen molar-refractivity contribution in [2.45, 2.75) is 30.8 Å². The third-order valence-corrected chi connectivity index (χ3v) is 6.64. The molecule has 0 bridgehead atoms. The van der Waals surface area contributed by atoms with Crippen molar-refractivity contribution in [2.75, 3.05) is 0 Å². The van der Waals surface area contributed by atoms with Crippen LogP contribution in [0.2, 0.25) is 0 Å². The van der Waals surface area contributed by atoms with E-state index < -0.39 is 31.6 Å². The van der Waals surface area contributed by atoms with Crippen molar-refractivity contribution in [3.05, 3.63) is 60.2 Å². The topological polar surface area (TPSA) is 57.2 Å². The molecule has 1 atom stereocenters. The van der Waals surface area contributed by atoms with Gasteiger partial charge in [-0.2, -0.15) is 13.2 Å². The van der Waals surface area contributed by atoms with E-state index in [9.17, 15) is 26.3 Å². The molecule has 1 aromatic heterocycles. The summed E-state index contributed by atoms with van der Waals surface area (Å²) in [7, 11) is -7.96. The maximum absolute atomic E-state index is 13.6. The third-order valence-electron chi connectivity index (χ3n) is 4.00. The van der Waals surface area contributed by atoms with Crippen LogP contribution in [-0.4, -0.2) is 18.5 Å². The molecule has 2 aromatic carbocycles. The first kappa shape index (κ1) is 24.2. The quantitative estimate of drug-likeness (QED) is 0.177. The smallest absolute Gasteiger partial charge is 0.601 e. The maximum atomic E-state index is 13.6. The van der Waals surface area contributed by atoms with Crippen LogP contribution in [0.3, 0.4) is 0 Å². The fraction of sp³-hybridized carbons (Fsp3) is 0.263. The lowest BCUT2D eigenvalue weighted by atomic mass is 10.0. The molecule has 11 heteroatoms. The van der Waals surface area contributed by atoms with Crippen LogP contribution in [0.15, 0.2) is 54.6 Å². The van der Waals surface area contributed by atoms with Crippen molar-refractivity contribution in [1.82, 2.24) is 0 Å². The monoisotopic (exact) mass is 470 g/mol. The zero-order chi connectivity index (χ0) is 22.9. The Kier molecular flexibility index (Phi) is 6.89. The molecule has 3 rings (SSSR count). The second-order valence-corrected chi connectivity index (χ2v) is 9.80. The van der Waals surface area contributed by atoms with Crippen LogP contribution in [0.1, 0.15) is 25.3 Å². The maximum Gasteiger partial charge on any atom is 0.601 e. The van der Waals surface area contributed by atoms with Crippen LogP contribution in [-0.2, 0) is 15.6 Å². The van der Waals surface area contributed by atoms with Crippen molar-refractivity contribution in [3.63, 3.8) is 0 Å². The lowest BCUT2D eigenvalue weighted by Crippen LogP contribution is -2.21. The van der Waals surface area contributed by atoms with Crippen LogP contribution in [0.5, 0.6) is 0 Å². The fourth-order valence-corrected chi connectivity index (χ4v) is 4.51. The molecule has 0 spiro atoms. The molecule has 0 saturated heterocycles. The summed E-state index contributed by atoms with van der Waals surface area (Å²) in [4.78, 5) is 0.365. The number of alkyl halides is 6. The Labute approximate surface area is 171 Å². The molecule has 0 fully saturated rings.